The predicted octanol–water partition coefficient (Wildman–Crippen LogP) is 6.16. The minimum Gasteiger partial charge on any atom is -0.494 e. The summed E-state index contributed by atoms with van der Waals surface area (Å²) < 4.78 is 53.6. The van der Waals surface area contributed by atoms with Crippen LogP contribution < -0.4 is 9.47 Å². The van der Waals surface area contributed by atoms with Crippen molar-refractivity contribution in [1.29, 1.82) is 0 Å². The Morgan fingerprint density at radius 2 is 1.35 bits per heavy atom. The third-order valence-corrected chi connectivity index (χ3v) is 5.29. The number of halogens is 3. The molecule has 4 rings (SSSR count). The van der Waals surface area contributed by atoms with Gasteiger partial charge in [0.1, 0.15) is 5.75 Å². The van der Waals surface area contributed by atoms with Crippen LogP contribution in [-0.2, 0) is 6.61 Å². The average molecular weight is 464 g/mol. The van der Waals surface area contributed by atoms with Crippen LogP contribution in [0, 0.1) is 17.5 Å². The molecule has 34 heavy (non-hydrogen) atoms. The van der Waals surface area contributed by atoms with Crippen molar-refractivity contribution in [3.63, 3.8) is 0 Å². The topological polar surface area (TPSA) is 55.8 Å². The molecule has 0 heterocycles. The van der Waals surface area contributed by atoms with Crippen LogP contribution in [0.2, 0.25) is 0 Å². The molecular weight excluding hydrogens is 445 g/mol. The molecule has 0 aliphatic rings. The molecular formula is C27H19F3O4. The van der Waals surface area contributed by atoms with Gasteiger partial charge in [-0.05, 0) is 47.0 Å². The molecule has 0 unspecified atom stereocenters. The fraction of sp³-hybridized carbons (Fsp3) is 0.0741. The number of aliphatic hydroxyl groups excluding tert-OH is 1. The average Bonchev–Trinajstić information content (AvgIpc) is 2.86. The second-order valence-electron chi connectivity index (χ2n) is 7.41. The second-order valence-corrected chi connectivity index (χ2v) is 7.41. The summed E-state index contributed by atoms with van der Waals surface area (Å²) >= 11 is 0. The summed E-state index contributed by atoms with van der Waals surface area (Å²) in [5.74, 6) is -3.32. The maximum Gasteiger partial charge on any atom is 0.343 e. The van der Waals surface area contributed by atoms with Crippen molar-refractivity contribution in [3.05, 3.63) is 107 Å². The largest absolute Gasteiger partial charge is 0.494 e. The van der Waals surface area contributed by atoms with E-state index in [1.807, 2.05) is 0 Å². The fourth-order valence-electron chi connectivity index (χ4n) is 3.45. The standard InChI is InChI=1S/C27H19F3O4/c1-33-24-13-8-19(14-23(24)28)27(32)34-20-9-6-18(7-10-20)22-12-11-21(25(29)26(22)30)17-4-2-16(15-31)3-5-17/h2-14,31H,15H2,1H3. The van der Waals surface area contributed by atoms with Gasteiger partial charge in [-0.25, -0.2) is 18.0 Å². The molecule has 0 spiro atoms. The first-order valence-corrected chi connectivity index (χ1v) is 10.3. The van der Waals surface area contributed by atoms with Crippen molar-refractivity contribution in [2.45, 2.75) is 6.61 Å². The number of ether oxygens (including phenoxy) is 2. The number of hydrogen-bond acceptors (Lipinski definition) is 4. The van der Waals surface area contributed by atoms with Gasteiger partial charge in [-0.3, -0.25) is 0 Å². The van der Waals surface area contributed by atoms with E-state index in [0.29, 0.717) is 16.7 Å². The Morgan fingerprint density at radius 1 is 0.794 bits per heavy atom. The molecule has 0 aromatic heterocycles. The molecule has 0 radical (unpaired) electrons. The highest BCUT2D eigenvalue weighted by atomic mass is 19.2. The van der Waals surface area contributed by atoms with Gasteiger partial charge in [-0.2, -0.15) is 0 Å². The van der Waals surface area contributed by atoms with Crippen LogP contribution in [0.4, 0.5) is 13.2 Å². The van der Waals surface area contributed by atoms with E-state index < -0.39 is 23.4 Å². The quantitative estimate of drug-likeness (QED) is 0.274. The third-order valence-electron chi connectivity index (χ3n) is 5.29. The van der Waals surface area contributed by atoms with Crippen molar-refractivity contribution in [2.24, 2.45) is 0 Å². The highest BCUT2D eigenvalue weighted by molar-refractivity contribution is 5.91. The molecule has 0 bridgehead atoms. The van der Waals surface area contributed by atoms with E-state index in [1.165, 1.54) is 55.6 Å². The van der Waals surface area contributed by atoms with Gasteiger partial charge >= 0.3 is 5.97 Å². The first kappa shape index (κ1) is 23.1. The van der Waals surface area contributed by atoms with Crippen LogP contribution in [0.1, 0.15) is 15.9 Å². The molecule has 0 aliphatic heterocycles. The summed E-state index contributed by atoms with van der Waals surface area (Å²) in [4.78, 5) is 12.3. The maximum absolute atomic E-state index is 14.9. The number of aliphatic hydroxyl groups is 1. The van der Waals surface area contributed by atoms with E-state index in [2.05, 4.69) is 0 Å². The zero-order valence-electron chi connectivity index (χ0n) is 18.0. The second kappa shape index (κ2) is 9.80. The van der Waals surface area contributed by atoms with Gasteiger partial charge in [-0.15, -0.1) is 0 Å². The van der Waals surface area contributed by atoms with Crippen LogP contribution in [0.3, 0.4) is 0 Å². The van der Waals surface area contributed by atoms with Gasteiger partial charge in [0.25, 0.3) is 0 Å². The molecule has 7 heteroatoms. The summed E-state index contributed by atoms with van der Waals surface area (Å²) in [6.07, 6.45) is 0. The van der Waals surface area contributed by atoms with Crippen LogP contribution in [0.25, 0.3) is 22.3 Å². The summed E-state index contributed by atoms with van der Waals surface area (Å²) in [7, 11) is 1.32. The van der Waals surface area contributed by atoms with Gasteiger partial charge in [0.2, 0.25) is 0 Å². The highest BCUT2D eigenvalue weighted by Gasteiger charge is 2.17. The van der Waals surface area contributed by atoms with Crippen molar-refractivity contribution < 1.29 is 32.5 Å². The van der Waals surface area contributed by atoms with Crippen molar-refractivity contribution in [3.8, 4) is 33.8 Å². The smallest absolute Gasteiger partial charge is 0.343 e. The molecule has 4 aromatic rings. The normalized spacial score (nSPS) is 10.7. The zero-order chi connectivity index (χ0) is 24.2. The molecule has 0 saturated heterocycles. The SMILES string of the molecule is COc1ccc(C(=O)Oc2ccc(-c3ccc(-c4ccc(CO)cc4)c(F)c3F)cc2)cc1F. The number of benzene rings is 4. The molecule has 0 aliphatic carbocycles. The van der Waals surface area contributed by atoms with E-state index in [9.17, 15) is 18.0 Å². The Balaban J connectivity index is 1.53. The van der Waals surface area contributed by atoms with E-state index in [4.69, 9.17) is 14.6 Å². The van der Waals surface area contributed by atoms with Crippen LogP contribution in [0.5, 0.6) is 11.5 Å². The van der Waals surface area contributed by atoms with E-state index >= 15 is 0 Å². The lowest BCUT2D eigenvalue weighted by Gasteiger charge is -2.11. The number of rotatable bonds is 6. The summed E-state index contributed by atoms with van der Waals surface area (Å²) in [5, 5.41) is 9.13. The number of carbonyl (C=O) groups is 1. The van der Waals surface area contributed by atoms with E-state index in [-0.39, 0.29) is 34.8 Å². The molecule has 4 aromatic carbocycles. The molecule has 0 fully saturated rings. The first-order chi connectivity index (χ1) is 16.4. The number of methoxy groups -OCH3 is 1. The van der Waals surface area contributed by atoms with Gasteiger partial charge in [0, 0.05) is 11.1 Å². The molecule has 4 nitrogen and oxygen atoms in total. The minimum atomic E-state index is -1.01. The van der Waals surface area contributed by atoms with Crippen LogP contribution in [-0.4, -0.2) is 18.2 Å². The Bertz CT molecular complexity index is 1330. The van der Waals surface area contributed by atoms with Crippen molar-refractivity contribution in [1.82, 2.24) is 0 Å². The Kier molecular flexibility index (Phi) is 6.65. The Labute approximate surface area is 193 Å². The lowest BCUT2D eigenvalue weighted by molar-refractivity contribution is 0.0734. The van der Waals surface area contributed by atoms with Gasteiger partial charge in [0.05, 0.1) is 19.3 Å². The predicted molar refractivity (Wildman–Crippen MR) is 121 cm³/mol. The van der Waals surface area contributed by atoms with Crippen LogP contribution in [0.15, 0.2) is 78.9 Å². The molecule has 0 atom stereocenters. The number of esters is 1. The van der Waals surface area contributed by atoms with Crippen LogP contribution >= 0.6 is 0 Å². The molecule has 1 N–H and O–H groups in total. The monoisotopic (exact) mass is 464 g/mol. The maximum atomic E-state index is 14.9. The zero-order valence-corrected chi connectivity index (χ0v) is 18.0. The Morgan fingerprint density at radius 3 is 1.85 bits per heavy atom. The van der Waals surface area contributed by atoms with E-state index in [0.717, 1.165) is 6.07 Å². The number of hydrogen-bond donors (Lipinski definition) is 1. The number of carbonyl (C=O) groups excluding carboxylic acids is 1. The van der Waals surface area contributed by atoms with E-state index in [1.54, 1.807) is 24.3 Å². The molecule has 172 valence electrons. The molecule has 0 amide bonds. The minimum absolute atomic E-state index is 0.00176. The molecule has 0 saturated carbocycles. The fourth-order valence-corrected chi connectivity index (χ4v) is 3.45. The van der Waals surface area contributed by atoms with Gasteiger partial charge in [-0.1, -0.05) is 48.5 Å². The summed E-state index contributed by atoms with van der Waals surface area (Å²) in [6.45, 7) is -0.141. The van der Waals surface area contributed by atoms with Gasteiger partial charge in [0.15, 0.2) is 23.2 Å². The first-order valence-electron chi connectivity index (χ1n) is 10.3. The van der Waals surface area contributed by atoms with Crippen molar-refractivity contribution in [2.75, 3.05) is 7.11 Å². The lowest BCUT2D eigenvalue weighted by Crippen LogP contribution is -2.09. The third kappa shape index (κ3) is 4.65. The lowest BCUT2D eigenvalue weighted by atomic mass is 9.98. The highest BCUT2D eigenvalue weighted by Crippen LogP contribution is 2.32. The Hall–Kier alpha value is -4.10. The van der Waals surface area contributed by atoms with Crippen molar-refractivity contribution >= 4 is 5.97 Å². The summed E-state index contributed by atoms with van der Waals surface area (Å²) in [6, 6.07) is 19.0. The van der Waals surface area contributed by atoms with Gasteiger partial charge < -0.3 is 14.6 Å². The summed E-state index contributed by atoms with van der Waals surface area (Å²) in [5.41, 5.74) is 1.68.